The van der Waals surface area contributed by atoms with Gasteiger partial charge in [-0.05, 0) is 49.6 Å². The molecule has 1 aromatic carbocycles. The molecular weight excluding hydrogens is 290 g/mol. The predicted octanol–water partition coefficient (Wildman–Crippen LogP) is 2.48. The second-order valence-electron chi connectivity index (χ2n) is 5.81. The molecule has 0 spiro atoms. The highest BCUT2D eigenvalue weighted by atomic mass is 16.2. The molecule has 3 rings (SSSR count). The Kier molecular flexibility index (Phi) is 4.76. The van der Waals surface area contributed by atoms with Crippen LogP contribution in [0.3, 0.4) is 0 Å². The molecule has 1 N–H and O–H groups in total. The van der Waals surface area contributed by atoms with Gasteiger partial charge in [-0.1, -0.05) is 6.07 Å². The van der Waals surface area contributed by atoms with Crippen LogP contribution in [0.15, 0.2) is 53.5 Å². The van der Waals surface area contributed by atoms with Gasteiger partial charge in [0.1, 0.15) is 6.54 Å². The quantitative estimate of drug-likeness (QED) is 0.944. The Morgan fingerprint density at radius 3 is 2.43 bits per heavy atom. The van der Waals surface area contributed by atoms with Crippen LogP contribution >= 0.6 is 0 Å². The predicted molar refractivity (Wildman–Crippen MR) is 91.8 cm³/mol. The van der Waals surface area contributed by atoms with Crippen LogP contribution in [-0.2, 0) is 11.3 Å². The average Bonchev–Trinajstić information content (AvgIpc) is 2.58. The Bertz CT molecular complexity index is 716. The van der Waals surface area contributed by atoms with E-state index in [0.717, 1.165) is 18.8 Å². The summed E-state index contributed by atoms with van der Waals surface area (Å²) in [6, 6.07) is 12.7. The van der Waals surface area contributed by atoms with E-state index >= 15 is 0 Å². The number of carbonyl (C=O) groups is 1. The fourth-order valence-electron chi connectivity index (χ4n) is 2.85. The lowest BCUT2D eigenvalue weighted by atomic mass is 10.1. The first kappa shape index (κ1) is 15.3. The summed E-state index contributed by atoms with van der Waals surface area (Å²) in [5.74, 6) is -0.205. The Morgan fingerprint density at radius 1 is 1.00 bits per heavy atom. The molecule has 1 saturated heterocycles. The minimum atomic E-state index is -0.205. The lowest BCUT2D eigenvalue weighted by molar-refractivity contribution is -0.116. The molecule has 0 saturated carbocycles. The van der Waals surface area contributed by atoms with Crippen molar-refractivity contribution in [2.45, 2.75) is 25.8 Å². The summed E-state index contributed by atoms with van der Waals surface area (Å²) < 4.78 is 1.39. The zero-order chi connectivity index (χ0) is 16.1. The zero-order valence-corrected chi connectivity index (χ0v) is 13.1. The Balaban J connectivity index is 1.60. The lowest BCUT2D eigenvalue weighted by Crippen LogP contribution is -2.29. The van der Waals surface area contributed by atoms with Crippen LogP contribution in [0.25, 0.3) is 0 Å². The van der Waals surface area contributed by atoms with E-state index in [4.69, 9.17) is 0 Å². The van der Waals surface area contributed by atoms with Crippen molar-refractivity contribution >= 4 is 17.3 Å². The Morgan fingerprint density at radius 2 is 1.74 bits per heavy atom. The normalized spacial score (nSPS) is 14.5. The van der Waals surface area contributed by atoms with Gasteiger partial charge in [0.05, 0.1) is 0 Å². The number of anilines is 2. The van der Waals surface area contributed by atoms with Gasteiger partial charge in [0, 0.05) is 36.7 Å². The van der Waals surface area contributed by atoms with Gasteiger partial charge >= 0.3 is 0 Å². The molecule has 1 aliphatic heterocycles. The molecule has 5 nitrogen and oxygen atoms in total. The molecule has 23 heavy (non-hydrogen) atoms. The monoisotopic (exact) mass is 311 g/mol. The molecule has 1 aromatic heterocycles. The summed E-state index contributed by atoms with van der Waals surface area (Å²) in [5, 5.41) is 2.83. The maximum atomic E-state index is 12.0. The number of rotatable bonds is 4. The van der Waals surface area contributed by atoms with Crippen LogP contribution in [-0.4, -0.2) is 23.6 Å². The van der Waals surface area contributed by atoms with Crippen molar-refractivity contribution in [1.29, 1.82) is 0 Å². The molecule has 1 amide bonds. The van der Waals surface area contributed by atoms with Crippen LogP contribution in [0.5, 0.6) is 0 Å². The average molecular weight is 311 g/mol. The van der Waals surface area contributed by atoms with Crippen LogP contribution in [0.1, 0.15) is 19.3 Å². The third-order valence-corrected chi connectivity index (χ3v) is 4.09. The van der Waals surface area contributed by atoms with Gasteiger partial charge in [0.2, 0.25) is 5.91 Å². The largest absolute Gasteiger partial charge is 0.372 e. The molecule has 2 heterocycles. The van der Waals surface area contributed by atoms with Crippen molar-refractivity contribution < 1.29 is 4.79 Å². The molecule has 0 aliphatic carbocycles. The summed E-state index contributed by atoms with van der Waals surface area (Å²) in [6.07, 6.45) is 5.40. The Hall–Kier alpha value is -2.56. The van der Waals surface area contributed by atoms with Crippen LogP contribution in [0, 0.1) is 0 Å². The summed E-state index contributed by atoms with van der Waals surface area (Å²) in [6.45, 7) is 2.22. The molecule has 1 fully saturated rings. The molecule has 5 heteroatoms. The van der Waals surface area contributed by atoms with Gasteiger partial charge in [-0.15, -0.1) is 0 Å². The number of hydrogen-bond acceptors (Lipinski definition) is 3. The highest BCUT2D eigenvalue weighted by Gasteiger charge is 2.11. The second kappa shape index (κ2) is 7.13. The third-order valence-electron chi connectivity index (χ3n) is 4.09. The van der Waals surface area contributed by atoms with Gasteiger partial charge in [-0.25, -0.2) is 0 Å². The van der Waals surface area contributed by atoms with E-state index in [9.17, 15) is 9.59 Å². The first-order valence-electron chi connectivity index (χ1n) is 8.03. The van der Waals surface area contributed by atoms with Crippen molar-refractivity contribution in [3.8, 4) is 0 Å². The van der Waals surface area contributed by atoms with Crippen molar-refractivity contribution in [3.63, 3.8) is 0 Å². The molecule has 1 aliphatic rings. The minimum absolute atomic E-state index is 0.0214. The summed E-state index contributed by atoms with van der Waals surface area (Å²) >= 11 is 0. The standard InChI is InChI=1S/C18H21N3O2/c22-17(14-21-13-5-2-6-18(21)23)19-15-7-9-16(10-8-15)20-11-3-1-4-12-20/h2,5-10,13H,1,3-4,11-12,14H2,(H,19,22). The highest BCUT2D eigenvalue weighted by molar-refractivity contribution is 5.90. The molecule has 0 radical (unpaired) electrons. The maximum absolute atomic E-state index is 12.0. The number of benzene rings is 1. The molecule has 0 unspecified atom stereocenters. The maximum Gasteiger partial charge on any atom is 0.250 e. The Labute approximate surface area is 135 Å². The van der Waals surface area contributed by atoms with Crippen molar-refractivity contribution in [1.82, 2.24) is 4.57 Å². The number of piperidine rings is 1. The van der Waals surface area contributed by atoms with Crippen LogP contribution in [0.4, 0.5) is 11.4 Å². The summed E-state index contributed by atoms with van der Waals surface area (Å²) in [4.78, 5) is 26.0. The minimum Gasteiger partial charge on any atom is -0.372 e. The van der Waals surface area contributed by atoms with E-state index in [-0.39, 0.29) is 18.0 Å². The number of nitrogens with zero attached hydrogens (tertiary/aromatic N) is 2. The van der Waals surface area contributed by atoms with E-state index in [1.165, 1.54) is 35.6 Å². The number of carbonyl (C=O) groups excluding carboxylic acids is 1. The third kappa shape index (κ3) is 4.00. The van der Waals surface area contributed by atoms with Crippen molar-refractivity contribution in [2.24, 2.45) is 0 Å². The van der Waals surface area contributed by atoms with E-state index in [1.54, 1.807) is 18.3 Å². The van der Waals surface area contributed by atoms with Crippen LogP contribution < -0.4 is 15.8 Å². The number of aromatic nitrogens is 1. The van der Waals surface area contributed by atoms with Gasteiger partial charge < -0.3 is 14.8 Å². The fraction of sp³-hybridized carbons (Fsp3) is 0.333. The summed E-state index contributed by atoms with van der Waals surface area (Å²) in [5.41, 5.74) is 1.77. The van der Waals surface area contributed by atoms with Gasteiger partial charge in [0.15, 0.2) is 0 Å². The van der Waals surface area contributed by atoms with Crippen molar-refractivity contribution in [3.05, 3.63) is 59.0 Å². The van der Waals surface area contributed by atoms with E-state index in [0.29, 0.717) is 0 Å². The van der Waals surface area contributed by atoms with Gasteiger partial charge in [0.25, 0.3) is 5.56 Å². The second-order valence-corrected chi connectivity index (χ2v) is 5.81. The zero-order valence-electron chi connectivity index (χ0n) is 13.1. The van der Waals surface area contributed by atoms with Crippen LogP contribution in [0.2, 0.25) is 0 Å². The highest BCUT2D eigenvalue weighted by Crippen LogP contribution is 2.21. The first-order valence-corrected chi connectivity index (χ1v) is 8.03. The molecule has 2 aromatic rings. The number of amides is 1. The lowest BCUT2D eigenvalue weighted by Gasteiger charge is -2.28. The smallest absolute Gasteiger partial charge is 0.250 e. The van der Waals surface area contributed by atoms with E-state index in [2.05, 4.69) is 10.2 Å². The van der Waals surface area contributed by atoms with Gasteiger partial charge in [-0.2, -0.15) is 0 Å². The topological polar surface area (TPSA) is 54.3 Å². The first-order chi connectivity index (χ1) is 11.2. The molecule has 120 valence electrons. The SMILES string of the molecule is O=C(Cn1ccccc1=O)Nc1ccc(N2CCCCC2)cc1. The number of hydrogen-bond donors (Lipinski definition) is 1. The van der Waals surface area contributed by atoms with Crippen molar-refractivity contribution in [2.75, 3.05) is 23.3 Å². The van der Waals surface area contributed by atoms with E-state index < -0.39 is 0 Å². The van der Waals surface area contributed by atoms with Gasteiger partial charge in [-0.3, -0.25) is 9.59 Å². The van der Waals surface area contributed by atoms with E-state index in [1.807, 2.05) is 24.3 Å². The molecular formula is C18H21N3O2. The number of pyridine rings is 1. The molecule has 0 atom stereocenters. The number of nitrogens with one attached hydrogen (secondary N) is 1. The molecule has 0 bridgehead atoms. The summed E-state index contributed by atoms with van der Waals surface area (Å²) in [7, 11) is 0. The fourth-order valence-corrected chi connectivity index (χ4v) is 2.85.